The number of hydrogen-bond donors (Lipinski definition) is 1. The highest BCUT2D eigenvalue weighted by atomic mass is 16.5. The number of nitrogens with zero attached hydrogens (tertiary/aromatic N) is 2. The number of carbonyl (C=O) groups excluding carboxylic acids is 1. The van der Waals surface area contributed by atoms with E-state index in [9.17, 15) is 4.79 Å². The Bertz CT molecular complexity index is 386. The van der Waals surface area contributed by atoms with Gasteiger partial charge in [0.1, 0.15) is 5.82 Å². The van der Waals surface area contributed by atoms with Gasteiger partial charge in [-0.15, -0.1) is 0 Å². The van der Waals surface area contributed by atoms with Gasteiger partial charge < -0.3 is 14.6 Å². The van der Waals surface area contributed by atoms with Crippen LogP contribution in [0.15, 0.2) is 6.20 Å². The monoisotopic (exact) mass is 253 g/mol. The minimum absolute atomic E-state index is 0.0243. The maximum atomic E-state index is 11.4. The number of rotatable bonds is 7. The highest BCUT2D eigenvalue weighted by Gasteiger charge is 2.09. The molecule has 1 heterocycles. The predicted molar refractivity (Wildman–Crippen MR) is 70.6 cm³/mol. The van der Waals surface area contributed by atoms with E-state index in [1.807, 2.05) is 13.1 Å². The molecule has 0 aliphatic rings. The summed E-state index contributed by atoms with van der Waals surface area (Å²) in [5.74, 6) is 1.05. The van der Waals surface area contributed by atoms with E-state index in [1.54, 1.807) is 7.11 Å². The lowest BCUT2D eigenvalue weighted by Crippen LogP contribution is -2.27. The molecule has 0 unspecified atom stereocenters. The Kier molecular flexibility index (Phi) is 5.85. The predicted octanol–water partition coefficient (Wildman–Crippen LogP) is 1.47. The summed E-state index contributed by atoms with van der Waals surface area (Å²) in [5, 5.41) is 2.87. The van der Waals surface area contributed by atoms with Crippen LogP contribution < -0.4 is 5.32 Å². The largest absolute Gasteiger partial charge is 0.384 e. The highest BCUT2D eigenvalue weighted by Crippen LogP contribution is 2.12. The highest BCUT2D eigenvalue weighted by molar-refractivity contribution is 5.75. The molecule has 0 atom stereocenters. The first-order valence-corrected chi connectivity index (χ1v) is 6.34. The van der Waals surface area contributed by atoms with Crippen LogP contribution in [-0.4, -0.2) is 35.7 Å². The molecule has 18 heavy (non-hydrogen) atoms. The van der Waals surface area contributed by atoms with E-state index in [4.69, 9.17) is 4.74 Å². The second kappa shape index (κ2) is 7.16. The molecule has 1 N–H and O–H groups in total. The fourth-order valence-corrected chi connectivity index (χ4v) is 1.98. The van der Waals surface area contributed by atoms with Gasteiger partial charge in [0.15, 0.2) is 0 Å². The Hall–Kier alpha value is -1.36. The lowest BCUT2D eigenvalue weighted by molar-refractivity contribution is -0.121. The van der Waals surface area contributed by atoms with Crippen LogP contribution in [0, 0.1) is 6.92 Å². The molecule has 0 spiro atoms. The Morgan fingerprint density at radius 3 is 2.89 bits per heavy atom. The van der Waals surface area contributed by atoms with Crippen molar-refractivity contribution in [2.45, 2.75) is 39.7 Å². The normalized spacial score (nSPS) is 10.9. The molecule has 0 aliphatic heterocycles. The van der Waals surface area contributed by atoms with Gasteiger partial charge in [0.2, 0.25) is 5.91 Å². The number of carbonyl (C=O) groups is 1. The van der Waals surface area contributed by atoms with E-state index >= 15 is 0 Å². The Morgan fingerprint density at radius 1 is 1.56 bits per heavy atom. The molecule has 1 aromatic heterocycles. The second-order valence-corrected chi connectivity index (χ2v) is 4.62. The van der Waals surface area contributed by atoms with Crippen molar-refractivity contribution in [3.63, 3.8) is 0 Å². The summed E-state index contributed by atoms with van der Waals surface area (Å²) in [6.07, 6.45) is 3.04. The third-order valence-corrected chi connectivity index (χ3v) is 2.78. The average molecular weight is 253 g/mol. The van der Waals surface area contributed by atoms with Crippen LogP contribution in [0.5, 0.6) is 0 Å². The lowest BCUT2D eigenvalue weighted by atomic mass is 10.3. The number of hydrogen-bond acceptors (Lipinski definition) is 3. The summed E-state index contributed by atoms with van der Waals surface area (Å²) >= 11 is 0. The van der Waals surface area contributed by atoms with E-state index in [0.29, 0.717) is 25.6 Å². The van der Waals surface area contributed by atoms with Crippen molar-refractivity contribution >= 4 is 5.91 Å². The SMILES string of the molecule is COCCC(=O)NCCc1ncc(C)n1C(C)C. The number of aromatic nitrogens is 2. The van der Waals surface area contributed by atoms with Gasteiger partial charge >= 0.3 is 0 Å². The molecular formula is C13H23N3O2. The Labute approximate surface area is 109 Å². The molecule has 5 heteroatoms. The number of amides is 1. The average Bonchev–Trinajstić information content (AvgIpc) is 2.68. The molecule has 1 amide bonds. The fraction of sp³-hybridized carbons (Fsp3) is 0.692. The molecule has 0 aliphatic carbocycles. The van der Waals surface area contributed by atoms with Gasteiger partial charge in [-0.1, -0.05) is 0 Å². The first kappa shape index (κ1) is 14.7. The maximum Gasteiger partial charge on any atom is 0.222 e. The minimum Gasteiger partial charge on any atom is -0.384 e. The molecule has 0 aromatic carbocycles. The molecular weight excluding hydrogens is 230 g/mol. The molecule has 0 bridgehead atoms. The molecule has 0 fully saturated rings. The molecule has 1 rings (SSSR count). The molecule has 5 nitrogen and oxygen atoms in total. The van der Waals surface area contributed by atoms with Crippen molar-refractivity contribution in [3.05, 3.63) is 17.7 Å². The number of ether oxygens (including phenoxy) is 1. The van der Waals surface area contributed by atoms with Gasteiger partial charge in [0.05, 0.1) is 6.61 Å². The molecule has 0 saturated heterocycles. The van der Waals surface area contributed by atoms with E-state index in [0.717, 1.165) is 17.9 Å². The van der Waals surface area contributed by atoms with Gasteiger partial charge in [-0.2, -0.15) is 0 Å². The minimum atomic E-state index is 0.0243. The second-order valence-electron chi connectivity index (χ2n) is 4.62. The van der Waals surface area contributed by atoms with E-state index in [1.165, 1.54) is 0 Å². The van der Waals surface area contributed by atoms with Crippen LogP contribution in [-0.2, 0) is 16.0 Å². The summed E-state index contributed by atoms with van der Waals surface area (Å²) in [7, 11) is 1.59. The standard InChI is InChI=1S/C13H23N3O2/c1-10(2)16-11(3)9-15-12(16)5-7-14-13(17)6-8-18-4/h9-10H,5-8H2,1-4H3,(H,14,17). The van der Waals surface area contributed by atoms with Crippen LogP contribution in [0.2, 0.25) is 0 Å². The lowest BCUT2D eigenvalue weighted by Gasteiger charge is -2.14. The zero-order valence-corrected chi connectivity index (χ0v) is 11.7. The van der Waals surface area contributed by atoms with Crippen LogP contribution in [0.4, 0.5) is 0 Å². The molecule has 0 saturated carbocycles. The zero-order valence-electron chi connectivity index (χ0n) is 11.7. The fourth-order valence-electron chi connectivity index (χ4n) is 1.98. The van der Waals surface area contributed by atoms with Crippen LogP contribution >= 0.6 is 0 Å². The van der Waals surface area contributed by atoms with Gasteiger partial charge in [-0.25, -0.2) is 4.98 Å². The van der Waals surface area contributed by atoms with Crippen LogP contribution in [0.25, 0.3) is 0 Å². The number of aryl methyl sites for hydroxylation is 1. The van der Waals surface area contributed by atoms with Gasteiger partial charge in [-0.3, -0.25) is 4.79 Å². The van der Waals surface area contributed by atoms with Crippen LogP contribution in [0.3, 0.4) is 0 Å². The first-order chi connectivity index (χ1) is 8.56. The number of nitrogens with one attached hydrogen (secondary N) is 1. The van der Waals surface area contributed by atoms with Crippen molar-refractivity contribution in [2.24, 2.45) is 0 Å². The van der Waals surface area contributed by atoms with Crippen molar-refractivity contribution < 1.29 is 9.53 Å². The summed E-state index contributed by atoms with van der Waals surface area (Å²) in [6, 6.07) is 0.395. The third kappa shape index (κ3) is 4.14. The quantitative estimate of drug-likeness (QED) is 0.800. The van der Waals surface area contributed by atoms with Gasteiger partial charge in [-0.05, 0) is 20.8 Å². The Balaban J connectivity index is 2.42. The third-order valence-electron chi connectivity index (χ3n) is 2.78. The summed E-state index contributed by atoms with van der Waals surface area (Å²) in [5.41, 5.74) is 1.16. The molecule has 102 valence electrons. The van der Waals surface area contributed by atoms with Crippen molar-refractivity contribution in [1.82, 2.24) is 14.9 Å². The molecule has 1 aromatic rings. The van der Waals surface area contributed by atoms with E-state index < -0.39 is 0 Å². The zero-order chi connectivity index (χ0) is 13.5. The van der Waals surface area contributed by atoms with Crippen molar-refractivity contribution in [1.29, 1.82) is 0 Å². The number of methoxy groups -OCH3 is 1. The van der Waals surface area contributed by atoms with Gasteiger partial charge in [0.25, 0.3) is 0 Å². The van der Waals surface area contributed by atoms with Crippen molar-refractivity contribution in [2.75, 3.05) is 20.3 Å². The molecule has 0 radical (unpaired) electrons. The topological polar surface area (TPSA) is 56.1 Å². The first-order valence-electron chi connectivity index (χ1n) is 6.34. The van der Waals surface area contributed by atoms with Gasteiger partial charge in [0, 0.05) is 44.4 Å². The van der Waals surface area contributed by atoms with E-state index in [2.05, 4.69) is 28.7 Å². The maximum absolute atomic E-state index is 11.4. The number of imidazole rings is 1. The smallest absolute Gasteiger partial charge is 0.222 e. The summed E-state index contributed by atoms with van der Waals surface area (Å²) in [4.78, 5) is 15.8. The summed E-state index contributed by atoms with van der Waals surface area (Å²) < 4.78 is 7.05. The van der Waals surface area contributed by atoms with E-state index in [-0.39, 0.29) is 5.91 Å². The summed E-state index contributed by atoms with van der Waals surface area (Å²) in [6.45, 7) is 7.40. The van der Waals surface area contributed by atoms with Crippen molar-refractivity contribution in [3.8, 4) is 0 Å². The van der Waals surface area contributed by atoms with Crippen LogP contribution in [0.1, 0.15) is 37.8 Å². The Morgan fingerprint density at radius 2 is 2.28 bits per heavy atom.